The van der Waals surface area contributed by atoms with Crippen molar-refractivity contribution in [1.29, 1.82) is 0 Å². The van der Waals surface area contributed by atoms with E-state index in [0.29, 0.717) is 12.0 Å². The van der Waals surface area contributed by atoms with Crippen LogP contribution in [0.15, 0.2) is 0 Å². The van der Waals surface area contributed by atoms with E-state index in [-0.39, 0.29) is 6.10 Å². The number of hydrogen-bond donors (Lipinski definition) is 1. The maximum Gasteiger partial charge on any atom is 0.0726 e. The van der Waals surface area contributed by atoms with E-state index in [1.165, 1.54) is 51.6 Å². The van der Waals surface area contributed by atoms with Gasteiger partial charge in [-0.05, 0) is 57.0 Å². The first-order valence-corrected chi connectivity index (χ1v) is 6.28. The van der Waals surface area contributed by atoms with Crippen LogP contribution in [0.5, 0.6) is 0 Å². The first-order valence-electron chi connectivity index (χ1n) is 6.28. The molecule has 2 aliphatic carbocycles. The highest BCUT2D eigenvalue weighted by atomic mass is 16.3. The largest absolute Gasteiger partial charge is 0.391 e. The molecular formula is C12H21NO. The molecule has 3 fully saturated rings. The van der Waals surface area contributed by atoms with Crippen molar-refractivity contribution in [3.63, 3.8) is 0 Å². The molecule has 0 unspecified atom stereocenters. The highest BCUT2D eigenvalue weighted by molar-refractivity contribution is 5.02. The van der Waals surface area contributed by atoms with Crippen LogP contribution in [-0.2, 0) is 0 Å². The number of rotatable bonds is 1. The minimum absolute atomic E-state index is 0.00634. The molecule has 0 radical (unpaired) electrons. The number of nitrogens with zero attached hydrogens (tertiary/aromatic N) is 1. The molecule has 80 valence electrons. The normalized spacial score (nSPS) is 48.6. The zero-order chi connectivity index (χ0) is 9.54. The fourth-order valence-corrected chi connectivity index (χ4v) is 3.96. The smallest absolute Gasteiger partial charge is 0.0726 e. The quantitative estimate of drug-likeness (QED) is 0.687. The lowest BCUT2D eigenvalue weighted by atomic mass is 9.90. The van der Waals surface area contributed by atoms with Crippen molar-refractivity contribution >= 4 is 0 Å². The Hall–Kier alpha value is -0.0800. The van der Waals surface area contributed by atoms with Crippen LogP contribution in [0.25, 0.3) is 0 Å². The second kappa shape index (κ2) is 3.49. The van der Waals surface area contributed by atoms with E-state index in [1.807, 2.05) is 0 Å². The summed E-state index contributed by atoms with van der Waals surface area (Å²) < 4.78 is 0. The Balaban J connectivity index is 1.71. The van der Waals surface area contributed by atoms with Crippen molar-refractivity contribution in [3.05, 3.63) is 0 Å². The third-order valence-electron chi connectivity index (χ3n) is 4.64. The number of hydrogen-bond acceptors (Lipinski definition) is 2. The maximum absolute atomic E-state index is 10.2. The summed E-state index contributed by atoms with van der Waals surface area (Å²) in [5.74, 6) is 1.47. The van der Waals surface area contributed by atoms with Gasteiger partial charge in [-0.1, -0.05) is 6.42 Å². The standard InChI is InChI=1S/C12H21NO/c14-12-10-5-4-9(8-10)11(12)13-6-2-1-3-7-13/h9-12,14H,1-8H2/t9-,10+,11+,12+/m1/s1. The molecule has 3 aliphatic rings. The van der Waals surface area contributed by atoms with Crippen LogP contribution in [0, 0.1) is 11.8 Å². The zero-order valence-electron chi connectivity index (χ0n) is 8.86. The molecule has 0 aromatic carbocycles. The molecule has 1 aliphatic heterocycles. The van der Waals surface area contributed by atoms with E-state index in [9.17, 15) is 5.11 Å². The molecule has 14 heavy (non-hydrogen) atoms. The Morgan fingerprint density at radius 2 is 1.64 bits per heavy atom. The van der Waals surface area contributed by atoms with Gasteiger partial charge in [0.15, 0.2) is 0 Å². The van der Waals surface area contributed by atoms with Gasteiger partial charge in [0.1, 0.15) is 0 Å². The van der Waals surface area contributed by atoms with Crippen molar-refractivity contribution in [1.82, 2.24) is 4.90 Å². The topological polar surface area (TPSA) is 23.5 Å². The number of fused-ring (bicyclic) bond motifs is 2. The lowest BCUT2D eigenvalue weighted by Gasteiger charge is -2.39. The summed E-state index contributed by atoms with van der Waals surface area (Å²) in [4.78, 5) is 2.58. The van der Waals surface area contributed by atoms with E-state index in [0.717, 1.165) is 5.92 Å². The number of piperidine rings is 1. The zero-order valence-corrected chi connectivity index (χ0v) is 8.86. The Morgan fingerprint density at radius 1 is 0.929 bits per heavy atom. The van der Waals surface area contributed by atoms with E-state index >= 15 is 0 Å². The second-order valence-corrected chi connectivity index (χ2v) is 5.41. The molecule has 2 bridgehead atoms. The Labute approximate surface area is 86.3 Å². The van der Waals surface area contributed by atoms with Gasteiger partial charge in [0, 0.05) is 6.04 Å². The van der Waals surface area contributed by atoms with Gasteiger partial charge in [-0.25, -0.2) is 0 Å². The maximum atomic E-state index is 10.2. The number of likely N-dealkylation sites (tertiary alicyclic amines) is 1. The molecule has 1 saturated heterocycles. The molecule has 2 heteroatoms. The summed E-state index contributed by atoms with van der Waals surface area (Å²) in [5.41, 5.74) is 0. The Kier molecular flexibility index (Phi) is 2.29. The summed E-state index contributed by atoms with van der Waals surface area (Å²) in [7, 11) is 0. The van der Waals surface area contributed by atoms with Crippen molar-refractivity contribution in [2.24, 2.45) is 11.8 Å². The molecule has 4 atom stereocenters. The second-order valence-electron chi connectivity index (χ2n) is 5.41. The number of aliphatic hydroxyl groups is 1. The first kappa shape index (κ1) is 9.17. The van der Waals surface area contributed by atoms with Crippen LogP contribution >= 0.6 is 0 Å². The summed E-state index contributed by atoms with van der Waals surface area (Å²) in [5, 5.41) is 10.2. The monoisotopic (exact) mass is 195 g/mol. The van der Waals surface area contributed by atoms with Crippen molar-refractivity contribution in [3.8, 4) is 0 Å². The lowest BCUT2D eigenvalue weighted by Crippen LogP contribution is -2.49. The van der Waals surface area contributed by atoms with Gasteiger partial charge in [0.2, 0.25) is 0 Å². The fraction of sp³-hybridized carbons (Fsp3) is 1.00. The minimum atomic E-state index is 0.00634. The van der Waals surface area contributed by atoms with Gasteiger partial charge in [0.05, 0.1) is 6.10 Å². The highest BCUT2D eigenvalue weighted by Gasteiger charge is 2.49. The summed E-state index contributed by atoms with van der Waals surface area (Å²) in [6.45, 7) is 2.48. The highest BCUT2D eigenvalue weighted by Crippen LogP contribution is 2.47. The lowest BCUT2D eigenvalue weighted by molar-refractivity contribution is 0.00439. The van der Waals surface area contributed by atoms with Crippen LogP contribution in [0.4, 0.5) is 0 Å². The summed E-state index contributed by atoms with van der Waals surface area (Å²) in [6.07, 6.45) is 8.07. The molecule has 0 aromatic rings. The van der Waals surface area contributed by atoms with Crippen LogP contribution in [0.2, 0.25) is 0 Å². The van der Waals surface area contributed by atoms with Crippen LogP contribution in [0.3, 0.4) is 0 Å². The molecule has 0 amide bonds. The average Bonchev–Trinajstić information content (AvgIpc) is 2.79. The van der Waals surface area contributed by atoms with Gasteiger partial charge < -0.3 is 5.11 Å². The van der Waals surface area contributed by atoms with E-state index < -0.39 is 0 Å². The number of aliphatic hydroxyl groups excluding tert-OH is 1. The molecular weight excluding hydrogens is 174 g/mol. The predicted octanol–water partition coefficient (Wildman–Crippen LogP) is 1.63. The average molecular weight is 195 g/mol. The molecule has 0 spiro atoms. The van der Waals surface area contributed by atoms with Crippen LogP contribution < -0.4 is 0 Å². The van der Waals surface area contributed by atoms with Gasteiger partial charge in [-0.3, -0.25) is 4.90 Å². The third kappa shape index (κ3) is 1.31. The molecule has 1 N–H and O–H groups in total. The van der Waals surface area contributed by atoms with Gasteiger partial charge in [-0.15, -0.1) is 0 Å². The van der Waals surface area contributed by atoms with Crippen molar-refractivity contribution < 1.29 is 5.11 Å². The third-order valence-corrected chi connectivity index (χ3v) is 4.64. The summed E-state index contributed by atoms with van der Waals surface area (Å²) in [6, 6.07) is 0.536. The molecule has 2 saturated carbocycles. The molecule has 0 aromatic heterocycles. The van der Waals surface area contributed by atoms with Gasteiger partial charge >= 0.3 is 0 Å². The van der Waals surface area contributed by atoms with Crippen molar-refractivity contribution in [2.75, 3.05) is 13.1 Å². The predicted molar refractivity (Wildman–Crippen MR) is 56.0 cm³/mol. The molecule has 2 nitrogen and oxygen atoms in total. The molecule has 3 rings (SSSR count). The van der Waals surface area contributed by atoms with E-state index in [1.54, 1.807) is 0 Å². The SMILES string of the molecule is O[C@H]1[C@H]2CC[C@H](C2)[C@@H]1N1CCCCC1. The van der Waals surface area contributed by atoms with Crippen LogP contribution in [0.1, 0.15) is 38.5 Å². The summed E-state index contributed by atoms with van der Waals surface area (Å²) >= 11 is 0. The first-order chi connectivity index (χ1) is 6.86. The van der Waals surface area contributed by atoms with E-state index in [4.69, 9.17) is 0 Å². The minimum Gasteiger partial charge on any atom is -0.391 e. The van der Waals surface area contributed by atoms with Gasteiger partial charge in [0.25, 0.3) is 0 Å². The fourth-order valence-electron chi connectivity index (χ4n) is 3.96. The van der Waals surface area contributed by atoms with Gasteiger partial charge in [-0.2, -0.15) is 0 Å². The van der Waals surface area contributed by atoms with E-state index in [2.05, 4.69) is 4.90 Å². The molecule has 1 heterocycles. The Morgan fingerprint density at radius 3 is 2.29 bits per heavy atom. The Bertz CT molecular complexity index is 210. The van der Waals surface area contributed by atoms with Crippen molar-refractivity contribution in [2.45, 2.75) is 50.7 Å². The van der Waals surface area contributed by atoms with Crippen LogP contribution in [-0.4, -0.2) is 35.2 Å².